The predicted molar refractivity (Wildman–Crippen MR) is 167 cm³/mol. The number of aryl methyl sites for hydroxylation is 1. The molecule has 0 aliphatic heterocycles. The summed E-state index contributed by atoms with van der Waals surface area (Å²) < 4.78 is 18.4. The van der Waals surface area contributed by atoms with Crippen molar-refractivity contribution in [3.05, 3.63) is 114 Å². The molecule has 0 amide bonds. The number of carbonyl (C=O) groups is 2. The number of hydrogen-bond acceptors (Lipinski definition) is 3. The summed E-state index contributed by atoms with van der Waals surface area (Å²) in [6.45, 7) is 6.04. The maximum absolute atomic E-state index is 13.0. The van der Waals surface area contributed by atoms with E-state index in [4.69, 9.17) is 4.74 Å². The lowest BCUT2D eigenvalue weighted by Crippen LogP contribution is -2.07. The van der Waals surface area contributed by atoms with Crippen LogP contribution in [0.4, 0.5) is 4.39 Å². The van der Waals surface area contributed by atoms with Crippen LogP contribution in [-0.2, 0) is 11.2 Å². The lowest BCUT2D eigenvalue weighted by atomic mass is 10.0. The topological polar surface area (TPSA) is 43.4 Å². The fourth-order valence-electron chi connectivity index (χ4n) is 4.68. The quantitative estimate of drug-likeness (QED) is 0.0516. The highest BCUT2D eigenvalue weighted by Crippen LogP contribution is 2.17. The van der Waals surface area contributed by atoms with Crippen molar-refractivity contribution in [3.63, 3.8) is 0 Å². The Kier molecular flexibility index (Phi) is 13.8. The zero-order valence-electron chi connectivity index (χ0n) is 24.4. The summed E-state index contributed by atoms with van der Waals surface area (Å²) in [7, 11) is 0. The fourth-order valence-corrected chi connectivity index (χ4v) is 4.68. The molecule has 0 saturated carbocycles. The molecule has 0 radical (unpaired) electrons. The minimum absolute atomic E-state index is 0.201. The van der Waals surface area contributed by atoms with E-state index in [-0.39, 0.29) is 17.6 Å². The summed E-state index contributed by atoms with van der Waals surface area (Å²) in [4.78, 5) is 24.3. The normalized spacial score (nSPS) is 11.1. The predicted octanol–water partition coefficient (Wildman–Crippen LogP) is 10.2. The first-order valence-corrected chi connectivity index (χ1v) is 14.9. The van der Waals surface area contributed by atoms with Crippen molar-refractivity contribution in [2.45, 2.75) is 84.0 Å². The van der Waals surface area contributed by atoms with Gasteiger partial charge in [0.05, 0.1) is 0 Å². The third-order valence-electron chi connectivity index (χ3n) is 7.21. The Labute approximate surface area is 245 Å². The Hall–Kier alpha value is -3.79. The second-order valence-electron chi connectivity index (χ2n) is 10.8. The van der Waals surface area contributed by atoms with Crippen LogP contribution in [0, 0.1) is 5.82 Å². The summed E-state index contributed by atoms with van der Waals surface area (Å²) in [6, 6.07) is 21.3. The van der Waals surface area contributed by atoms with Gasteiger partial charge >= 0.3 is 5.97 Å². The molecule has 0 heterocycles. The van der Waals surface area contributed by atoms with Gasteiger partial charge in [0.25, 0.3) is 0 Å². The summed E-state index contributed by atoms with van der Waals surface area (Å²) in [5, 5.41) is 0. The van der Waals surface area contributed by atoms with Crippen molar-refractivity contribution in [3.8, 4) is 5.75 Å². The summed E-state index contributed by atoms with van der Waals surface area (Å²) in [5.74, 6) is -0.293. The van der Waals surface area contributed by atoms with Gasteiger partial charge in [-0.1, -0.05) is 106 Å². The van der Waals surface area contributed by atoms with Crippen LogP contribution < -0.4 is 4.74 Å². The minimum atomic E-state index is -0.374. The molecule has 0 atom stereocenters. The number of rotatable bonds is 18. The van der Waals surface area contributed by atoms with Gasteiger partial charge in [-0.3, -0.25) is 9.59 Å². The number of ether oxygens (including phenoxy) is 1. The molecule has 0 aliphatic carbocycles. The van der Waals surface area contributed by atoms with Crippen molar-refractivity contribution >= 4 is 23.4 Å². The van der Waals surface area contributed by atoms with Crippen LogP contribution in [-0.4, -0.2) is 11.8 Å². The molecule has 0 fully saturated rings. The van der Waals surface area contributed by atoms with Crippen LogP contribution in [0.3, 0.4) is 0 Å². The van der Waals surface area contributed by atoms with E-state index < -0.39 is 0 Å². The van der Waals surface area contributed by atoms with Crippen LogP contribution in [0.5, 0.6) is 5.75 Å². The van der Waals surface area contributed by atoms with Crippen molar-refractivity contribution in [1.29, 1.82) is 0 Å². The SMILES string of the molecule is C=C(C)c1ccc(CCCCCCCCCCCCC(=O)Oc2ccc(C=CC(=O)c3ccc(F)cc3)cc2)cc1. The average molecular weight is 555 g/mol. The van der Waals surface area contributed by atoms with E-state index in [9.17, 15) is 14.0 Å². The number of carbonyl (C=O) groups excluding carboxylic acids is 2. The first-order chi connectivity index (χ1) is 19.9. The van der Waals surface area contributed by atoms with Gasteiger partial charge in [-0.05, 0) is 85.4 Å². The smallest absolute Gasteiger partial charge is 0.311 e. The minimum Gasteiger partial charge on any atom is -0.427 e. The zero-order valence-corrected chi connectivity index (χ0v) is 24.4. The van der Waals surface area contributed by atoms with E-state index in [0.29, 0.717) is 17.7 Å². The molecule has 0 saturated heterocycles. The number of hydrogen-bond donors (Lipinski definition) is 0. The van der Waals surface area contributed by atoms with E-state index in [2.05, 4.69) is 30.8 Å². The van der Waals surface area contributed by atoms with Crippen molar-refractivity contribution in [2.75, 3.05) is 0 Å². The van der Waals surface area contributed by atoms with E-state index in [1.807, 2.05) is 6.92 Å². The summed E-state index contributed by atoms with van der Waals surface area (Å²) >= 11 is 0. The van der Waals surface area contributed by atoms with Crippen LogP contribution in [0.2, 0.25) is 0 Å². The number of halogens is 1. The molecule has 3 aromatic rings. The van der Waals surface area contributed by atoms with Crippen molar-refractivity contribution in [1.82, 2.24) is 0 Å². The number of allylic oxidation sites excluding steroid dienone is 2. The first-order valence-electron chi connectivity index (χ1n) is 14.9. The van der Waals surface area contributed by atoms with Crippen LogP contribution in [0.25, 0.3) is 11.6 Å². The van der Waals surface area contributed by atoms with Gasteiger partial charge in [-0.2, -0.15) is 0 Å². The Bertz CT molecular complexity index is 1260. The highest BCUT2D eigenvalue weighted by atomic mass is 19.1. The standard InChI is InChI=1S/C37H43FO3/c1-29(2)32-20-15-30(16-21-32)13-11-9-7-5-3-4-6-8-10-12-14-37(40)41-35-26-17-31(18-27-35)19-28-36(39)33-22-24-34(38)25-23-33/h15-28H,1,3-14H2,2H3. The molecule has 0 aromatic heterocycles. The van der Waals surface area contributed by atoms with E-state index >= 15 is 0 Å². The van der Waals surface area contributed by atoms with E-state index in [0.717, 1.165) is 36.8 Å². The summed E-state index contributed by atoms with van der Waals surface area (Å²) in [5.41, 5.74) is 4.99. The van der Waals surface area contributed by atoms with Crippen LogP contribution >= 0.6 is 0 Å². The van der Waals surface area contributed by atoms with Crippen molar-refractivity contribution in [2.24, 2.45) is 0 Å². The van der Waals surface area contributed by atoms with E-state index in [1.165, 1.54) is 86.4 Å². The van der Waals surface area contributed by atoms with Gasteiger partial charge in [-0.15, -0.1) is 0 Å². The Morgan fingerprint density at radius 3 is 1.83 bits per heavy atom. The Balaban J connectivity index is 1.17. The van der Waals surface area contributed by atoms with Gasteiger partial charge < -0.3 is 4.74 Å². The maximum Gasteiger partial charge on any atom is 0.311 e. The number of esters is 1. The number of ketones is 1. The molecular formula is C37H43FO3. The Morgan fingerprint density at radius 1 is 0.707 bits per heavy atom. The molecule has 41 heavy (non-hydrogen) atoms. The van der Waals surface area contributed by atoms with Gasteiger partial charge in [0.2, 0.25) is 0 Å². The third-order valence-corrected chi connectivity index (χ3v) is 7.21. The van der Waals surface area contributed by atoms with Crippen molar-refractivity contribution < 1.29 is 18.7 Å². The van der Waals surface area contributed by atoms with E-state index in [1.54, 1.807) is 30.3 Å². The maximum atomic E-state index is 13.0. The highest BCUT2D eigenvalue weighted by molar-refractivity contribution is 6.06. The average Bonchev–Trinajstić information content (AvgIpc) is 2.97. The lowest BCUT2D eigenvalue weighted by molar-refractivity contribution is -0.134. The number of unbranched alkanes of at least 4 members (excludes halogenated alkanes) is 9. The fraction of sp³-hybridized carbons (Fsp3) is 0.351. The summed E-state index contributed by atoms with van der Waals surface area (Å²) in [6.07, 6.45) is 16.7. The van der Waals surface area contributed by atoms with Gasteiger partial charge in [0.15, 0.2) is 5.78 Å². The molecule has 0 aliphatic rings. The van der Waals surface area contributed by atoms with Gasteiger partial charge in [0.1, 0.15) is 11.6 Å². The third kappa shape index (κ3) is 12.5. The van der Waals surface area contributed by atoms with Gasteiger partial charge in [0, 0.05) is 12.0 Å². The Morgan fingerprint density at radius 2 is 1.24 bits per heavy atom. The molecule has 0 unspecified atom stereocenters. The molecule has 3 nitrogen and oxygen atoms in total. The lowest BCUT2D eigenvalue weighted by Gasteiger charge is -2.06. The molecule has 0 spiro atoms. The largest absolute Gasteiger partial charge is 0.427 e. The number of benzene rings is 3. The van der Waals surface area contributed by atoms with Crippen LogP contribution in [0.1, 0.15) is 105 Å². The van der Waals surface area contributed by atoms with Crippen LogP contribution in [0.15, 0.2) is 85.5 Å². The monoisotopic (exact) mass is 554 g/mol. The first kappa shape index (κ1) is 31.7. The molecule has 4 heteroatoms. The molecule has 3 rings (SSSR count). The molecular weight excluding hydrogens is 511 g/mol. The second-order valence-corrected chi connectivity index (χ2v) is 10.8. The second kappa shape index (κ2) is 17.8. The molecule has 0 N–H and O–H groups in total. The highest BCUT2D eigenvalue weighted by Gasteiger charge is 2.06. The van der Waals surface area contributed by atoms with Gasteiger partial charge in [-0.25, -0.2) is 4.39 Å². The zero-order chi connectivity index (χ0) is 29.3. The molecule has 0 bridgehead atoms. The molecule has 3 aromatic carbocycles. The molecule has 216 valence electrons.